The maximum Gasteiger partial charge on any atom is 0.133 e. The van der Waals surface area contributed by atoms with Crippen LogP contribution in [-0.2, 0) is 20.0 Å². The van der Waals surface area contributed by atoms with Crippen LogP contribution in [0.1, 0.15) is 17.0 Å². The van der Waals surface area contributed by atoms with Gasteiger partial charge in [-0.3, -0.25) is 0 Å². The Morgan fingerprint density at radius 2 is 2.22 bits per heavy atom. The van der Waals surface area contributed by atoms with Crippen LogP contribution in [0.4, 0.5) is 0 Å². The first-order valence-corrected chi connectivity index (χ1v) is 6.75. The van der Waals surface area contributed by atoms with Gasteiger partial charge in [0.05, 0.1) is 0 Å². The van der Waals surface area contributed by atoms with E-state index in [2.05, 4.69) is 56.6 Å². The van der Waals surface area contributed by atoms with Gasteiger partial charge in [0.2, 0.25) is 0 Å². The molecule has 0 saturated carbocycles. The molecule has 1 N–H and O–H groups in total. The van der Waals surface area contributed by atoms with Crippen molar-refractivity contribution >= 4 is 15.9 Å². The van der Waals surface area contributed by atoms with Crippen LogP contribution in [0.25, 0.3) is 0 Å². The smallest absolute Gasteiger partial charge is 0.133 e. The molecule has 18 heavy (non-hydrogen) atoms. The monoisotopic (exact) mass is 308 g/mol. The molecule has 0 aliphatic rings. The highest BCUT2D eigenvalue weighted by atomic mass is 79.9. The molecule has 0 unspecified atom stereocenters. The highest BCUT2D eigenvalue weighted by Crippen LogP contribution is 2.17. The van der Waals surface area contributed by atoms with Gasteiger partial charge in [-0.25, -0.2) is 0 Å². The van der Waals surface area contributed by atoms with E-state index in [1.54, 1.807) is 6.33 Å². The van der Waals surface area contributed by atoms with E-state index < -0.39 is 0 Å². The van der Waals surface area contributed by atoms with E-state index in [0.717, 1.165) is 29.8 Å². The molecule has 0 spiro atoms. The zero-order valence-electron chi connectivity index (χ0n) is 10.7. The molecule has 4 nitrogen and oxygen atoms in total. The van der Waals surface area contributed by atoms with Crippen molar-refractivity contribution in [3.63, 3.8) is 0 Å². The van der Waals surface area contributed by atoms with E-state index in [9.17, 15) is 0 Å². The minimum atomic E-state index is 0.860. The van der Waals surface area contributed by atoms with Crippen LogP contribution < -0.4 is 5.32 Å². The maximum absolute atomic E-state index is 4.05. The van der Waals surface area contributed by atoms with Crippen LogP contribution in [0.5, 0.6) is 0 Å². The van der Waals surface area contributed by atoms with Crippen molar-refractivity contribution in [3.8, 4) is 0 Å². The molecule has 0 atom stereocenters. The summed E-state index contributed by atoms with van der Waals surface area (Å²) >= 11 is 3.58. The van der Waals surface area contributed by atoms with Crippen molar-refractivity contribution in [2.45, 2.75) is 19.9 Å². The second-order valence-electron chi connectivity index (χ2n) is 4.38. The fourth-order valence-corrected chi connectivity index (χ4v) is 2.39. The normalized spacial score (nSPS) is 10.8. The van der Waals surface area contributed by atoms with E-state index in [-0.39, 0.29) is 0 Å². The van der Waals surface area contributed by atoms with Gasteiger partial charge in [0.25, 0.3) is 0 Å². The third-order valence-corrected chi connectivity index (χ3v) is 3.59. The number of hydrogen-bond donors (Lipinski definition) is 1. The number of halogens is 1. The average Bonchev–Trinajstić information content (AvgIpc) is 2.73. The third kappa shape index (κ3) is 3.40. The van der Waals surface area contributed by atoms with Crippen molar-refractivity contribution < 1.29 is 0 Å². The number of aryl methyl sites for hydroxylation is 2. The van der Waals surface area contributed by atoms with Crippen LogP contribution in [-0.4, -0.2) is 21.3 Å². The Morgan fingerprint density at radius 3 is 2.89 bits per heavy atom. The van der Waals surface area contributed by atoms with Gasteiger partial charge in [-0.15, -0.1) is 10.2 Å². The largest absolute Gasteiger partial charge is 0.321 e. The number of nitrogens with zero attached hydrogens (tertiary/aromatic N) is 3. The van der Waals surface area contributed by atoms with Crippen molar-refractivity contribution in [3.05, 3.63) is 46.0 Å². The molecular weight excluding hydrogens is 292 g/mol. The lowest BCUT2D eigenvalue weighted by Crippen LogP contribution is -2.18. The summed E-state index contributed by atoms with van der Waals surface area (Å²) in [5, 5.41) is 11.3. The summed E-state index contributed by atoms with van der Waals surface area (Å²) in [4.78, 5) is 0. The second kappa shape index (κ2) is 6.11. The minimum Gasteiger partial charge on any atom is -0.321 e. The number of nitrogens with one attached hydrogen (secondary N) is 1. The van der Waals surface area contributed by atoms with Crippen molar-refractivity contribution in [2.75, 3.05) is 6.54 Å². The van der Waals surface area contributed by atoms with Crippen LogP contribution in [0.3, 0.4) is 0 Å². The molecule has 0 bridgehead atoms. The maximum atomic E-state index is 4.05. The lowest BCUT2D eigenvalue weighted by Gasteiger charge is -2.07. The number of benzene rings is 1. The average molecular weight is 309 g/mol. The van der Waals surface area contributed by atoms with Gasteiger partial charge in [-0.05, 0) is 24.1 Å². The van der Waals surface area contributed by atoms with E-state index in [1.165, 1.54) is 11.1 Å². The highest BCUT2D eigenvalue weighted by molar-refractivity contribution is 9.10. The standard InChI is InChI=1S/C13H17BrN4/c1-10-3-4-11(12(14)7-10)8-15-6-5-13-17-16-9-18(13)2/h3-4,7,9,15H,5-6,8H2,1-2H3. The Labute approximate surface area is 116 Å². The van der Waals surface area contributed by atoms with E-state index >= 15 is 0 Å². The van der Waals surface area contributed by atoms with Gasteiger partial charge in [0, 0.05) is 31.0 Å². The Hall–Kier alpha value is -1.20. The SMILES string of the molecule is Cc1ccc(CNCCc2nncn2C)c(Br)c1. The molecule has 1 aromatic carbocycles. The fourth-order valence-electron chi connectivity index (χ4n) is 1.75. The molecule has 0 radical (unpaired) electrons. The van der Waals surface area contributed by atoms with E-state index in [0.29, 0.717) is 0 Å². The number of hydrogen-bond acceptors (Lipinski definition) is 3. The van der Waals surface area contributed by atoms with Crippen molar-refractivity contribution in [1.82, 2.24) is 20.1 Å². The summed E-state index contributed by atoms with van der Waals surface area (Å²) in [5.41, 5.74) is 2.54. The molecule has 5 heteroatoms. The summed E-state index contributed by atoms with van der Waals surface area (Å²) in [7, 11) is 1.96. The topological polar surface area (TPSA) is 42.7 Å². The van der Waals surface area contributed by atoms with Crippen molar-refractivity contribution in [2.24, 2.45) is 7.05 Å². The lowest BCUT2D eigenvalue weighted by atomic mass is 10.1. The fraction of sp³-hybridized carbons (Fsp3) is 0.385. The van der Waals surface area contributed by atoms with Gasteiger partial charge >= 0.3 is 0 Å². The first-order chi connectivity index (χ1) is 8.66. The van der Waals surface area contributed by atoms with Crippen LogP contribution in [0.2, 0.25) is 0 Å². The van der Waals surface area contributed by atoms with Gasteiger partial charge < -0.3 is 9.88 Å². The molecule has 96 valence electrons. The molecule has 0 amide bonds. The summed E-state index contributed by atoms with van der Waals surface area (Å²) in [5.74, 6) is 1.01. The molecule has 0 saturated heterocycles. The molecule has 0 aliphatic carbocycles. The molecule has 2 rings (SSSR count). The third-order valence-electron chi connectivity index (χ3n) is 2.85. The van der Waals surface area contributed by atoms with Crippen LogP contribution in [0.15, 0.2) is 29.0 Å². The summed E-state index contributed by atoms with van der Waals surface area (Å²) in [6.07, 6.45) is 2.62. The predicted octanol–water partition coefficient (Wildman–Crippen LogP) is 2.22. The van der Waals surface area contributed by atoms with Gasteiger partial charge in [-0.2, -0.15) is 0 Å². The van der Waals surface area contributed by atoms with Gasteiger partial charge in [0.1, 0.15) is 12.2 Å². The molecule has 0 aliphatic heterocycles. The minimum absolute atomic E-state index is 0.860. The quantitative estimate of drug-likeness (QED) is 0.861. The summed E-state index contributed by atoms with van der Waals surface area (Å²) < 4.78 is 3.11. The van der Waals surface area contributed by atoms with Crippen LogP contribution in [0, 0.1) is 6.92 Å². The molecule has 1 heterocycles. The van der Waals surface area contributed by atoms with Crippen LogP contribution >= 0.6 is 15.9 Å². The Kier molecular flexibility index (Phi) is 4.49. The highest BCUT2D eigenvalue weighted by Gasteiger charge is 2.02. The van der Waals surface area contributed by atoms with E-state index in [1.807, 2.05) is 11.6 Å². The van der Waals surface area contributed by atoms with Gasteiger partial charge in [-0.1, -0.05) is 28.1 Å². The molecular formula is C13H17BrN4. The number of rotatable bonds is 5. The lowest BCUT2D eigenvalue weighted by molar-refractivity contribution is 0.652. The predicted molar refractivity (Wildman–Crippen MR) is 75.3 cm³/mol. The Bertz CT molecular complexity index is 521. The summed E-state index contributed by atoms with van der Waals surface area (Å²) in [6, 6.07) is 6.42. The molecule has 0 fully saturated rings. The first kappa shape index (κ1) is 13.2. The first-order valence-electron chi connectivity index (χ1n) is 5.95. The molecule has 2 aromatic rings. The molecule has 1 aromatic heterocycles. The van der Waals surface area contributed by atoms with Crippen molar-refractivity contribution in [1.29, 1.82) is 0 Å². The van der Waals surface area contributed by atoms with E-state index in [4.69, 9.17) is 0 Å². The Morgan fingerprint density at radius 1 is 1.39 bits per heavy atom. The number of aromatic nitrogens is 3. The second-order valence-corrected chi connectivity index (χ2v) is 5.23. The summed E-state index contributed by atoms with van der Waals surface area (Å²) in [6.45, 7) is 3.85. The van der Waals surface area contributed by atoms with Gasteiger partial charge in [0.15, 0.2) is 0 Å². The Balaban J connectivity index is 1.80. The zero-order chi connectivity index (χ0) is 13.0. The zero-order valence-corrected chi connectivity index (χ0v) is 12.2.